The summed E-state index contributed by atoms with van der Waals surface area (Å²) in [5.41, 5.74) is 0. The lowest BCUT2D eigenvalue weighted by atomic mass is 10.3. The molecule has 0 unspecified atom stereocenters. The van der Waals surface area contributed by atoms with Crippen molar-refractivity contribution in [3.05, 3.63) is 12.7 Å². The summed E-state index contributed by atoms with van der Waals surface area (Å²) in [5, 5.41) is 0. The molecule has 1 heteroatoms. The fraction of sp³-hybridized carbons (Fsp3) is 0.667. The van der Waals surface area contributed by atoms with Gasteiger partial charge >= 0.3 is 0 Å². The maximum atomic E-state index is 3.73. The van der Waals surface area contributed by atoms with Crippen molar-refractivity contribution >= 4 is 11.8 Å². The van der Waals surface area contributed by atoms with Crippen LogP contribution in [0.5, 0.6) is 0 Å². The minimum Gasteiger partial charge on any atom is -0.161 e. The van der Waals surface area contributed by atoms with Crippen molar-refractivity contribution in [3.63, 3.8) is 0 Å². The lowest BCUT2D eigenvalue weighted by Gasteiger charge is -1.90. The highest BCUT2D eigenvalue weighted by molar-refractivity contribution is 8.00. The van der Waals surface area contributed by atoms with Gasteiger partial charge in [-0.3, -0.25) is 0 Å². The van der Waals surface area contributed by atoms with Crippen LogP contribution in [0.2, 0.25) is 0 Å². The third-order valence-corrected chi connectivity index (χ3v) is 1.31. The molecule has 0 spiro atoms. The van der Waals surface area contributed by atoms with E-state index in [0.717, 1.165) is 6.42 Å². The second-order valence-electron chi connectivity index (χ2n) is 1.40. The largest absolute Gasteiger partial charge is 0.161 e. The zero-order valence-corrected chi connectivity index (χ0v) is 5.63. The van der Waals surface area contributed by atoms with E-state index < -0.39 is 0 Å². The van der Waals surface area contributed by atoms with E-state index in [-0.39, 0.29) is 0 Å². The molecule has 0 aromatic rings. The molecule has 0 aliphatic rings. The Morgan fingerprint density at radius 1 is 1.71 bits per heavy atom. The number of hydrogen-bond donors (Lipinski definition) is 0. The predicted molar refractivity (Wildman–Crippen MR) is 37.0 cm³/mol. The Bertz CT molecular complexity index is 23.4. The molecule has 0 N–H and O–H groups in total. The van der Waals surface area contributed by atoms with Crippen molar-refractivity contribution < 1.29 is 0 Å². The first-order valence-corrected chi connectivity index (χ1v) is 3.84. The van der Waals surface area contributed by atoms with Crippen molar-refractivity contribution in [1.29, 1.82) is 0 Å². The van der Waals surface area contributed by atoms with Crippen molar-refractivity contribution in [2.24, 2.45) is 0 Å². The van der Waals surface area contributed by atoms with Crippen molar-refractivity contribution in [2.75, 3.05) is 6.26 Å². The molecule has 0 aliphatic heterocycles. The van der Waals surface area contributed by atoms with Gasteiger partial charge in [0, 0.05) is 5.75 Å². The lowest BCUT2D eigenvalue weighted by molar-refractivity contribution is 0.856. The van der Waals surface area contributed by atoms with Crippen molar-refractivity contribution in [3.8, 4) is 0 Å². The summed E-state index contributed by atoms with van der Waals surface area (Å²) in [4.78, 5) is 0. The molecular formula is C6H12S. The molecule has 0 aromatic heterocycles. The first-order valence-electron chi connectivity index (χ1n) is 2.55. The van der Waals surface area contributed by atoms with Gasteiger partial charge in [0.25, 0.3) is 0 Å². The number of hydrogen-bond acceptors (Lipinski definition) is 1. The fourth-order valence-corrected chi connectivity index (χ4v) is 0.748. The van der Waals surface area contributed by atoms with E-state index in [4.69, 9.17) is 0 Å². The topological polar surface area (TPSA) is 0 Å². The molecule has 0 saturated heterocycles. The first-order chi connectivity index (χ1) is 3.41. The molecule has 0 heterocycles. The highest BCUT2D eigenvalue weighted by atomic mass is 32.2. The van der Waals surface area contributed by atoms with Gasteiger partial charge in [-0.05, 0) is 12.7 Å². The van der Waals surface area contributed by atoms with Gasteiger partial charge in [-0.15, -0.1) is 0 Å². The van der Waals surface area contributed by atoms with Crippen LogP contribution < -0.4 is 0 Å². The third-order valence-electron chi connectivity index (χ3n) is 0.739. The van der Waals surface area contributed by atoms with Gasteiger partial charge in [0.05, 0.1) is 0 Å². The Morgan fingerprint density at radius 3 is 2.86 bits per heavy atom. The van der Waals surface area contributed by atoms with Crippen LogP contribution in [0.3, 0.4) is 0 Å². The Balaban J connectivity index is 2.45. The van der Waals surface area contributed by atoms with Crippen LogP contribution in [0.25, 0.3) is 0 Å². The Hall–Kier alpha value is 0.350. The van der Waals surface area contributed by atoms with Crippen molar-refractivity contribution in [1.82, 2.24) is 0 Å². The van der Waals surface area contributed by atoms with Crippen molar-refractivity contribution in [2.45, 2.75) is 19.3 Å². The van der Waals surface area contributed by atoms with Crippen LogP contribution in [0.1, 0.15) is 19.3 Å². The minimum atomic E-state index is 1.07. The van der Waals surface area contributed by atoms with Crippen LogP contribution in [0.15, 0.2) is 0 Å². The molecule has 42 valence electrons. The van der Waals surface area contributed by atoms with Gasteiger partial charge in [0.15, 0.2) is 0 Å². The molecular weight excluding hydrogens is 104 g/mol. The van der Waals surface area contributed by atoms with E-state index in [1.54, 1.807) is 11.8 Å². The SMILES string of the molecule is [CH2]CCC[CH]SC. The molecule has 0 aliphatic carbocycles. The quantitative estimate of drug-likeness (QED) is 0.508. The van der Waals surface area contributed by atoms with Gasteiger partial charge < -0.3 is 0 Å². The molecule has 0 amide bonds. The molecule has 0 atom stereocenters. The van der Waals surface area contributed by atoms with Gasteiger partial charge in [-0.1, -0.05) is 19.8 Å². The summed E-state index contributed by atoms with van der Waals surface area (Å²) in [6.07, 6.45) is 5.60. The van der Waals surface area contributed by atoms with E-state index >= 15 is 0 Å². The van der Waals surface area contributed by atoms with Crippen LogP contribution in [0, 0.1) is 12.7 Å². The predicted octanol–water partition coefficient (Wildman–Crippen LogP) is 2.52. The highest BCUT2D eigenvalue weighted by Crippen LogP contribution is 2.06. The van der Waals surface area contributed by atoms with Crippen LogP contribution >= 0.6 is 11.8 Å². The van der Waals surface area contributed by atoms with Gasteiger partial charge in [-0.25, -0.2) is 0 Å². The highest BCUT2D eigenvalue weighted by Gasteiger charge is 1.81. The van der Waals surface area contributed by atoms with Gasteiger partial charge in [0.2, 0.25) is 0 Å². The number of thioether (sulfide) groups is 1. The minimum absolute atomic E-state index is 1.07. The summed E-state index contributed by atoms with van der Waals surface area (Å²) in [6, 6.07) is 0. The smallest absolute Gasteiger partial charge is 0.0163 e. The van der Waals surface area contributed by atoms with Crippen LogP contribution in [0.4, 0.5) is 0 Å². The molecule has 0 nitrogen and oxygen atoms in total. The van der Waals surface area contributed by atoms with Gasteiger partial charge in [0.1, 0.15) is 0 Å². The van der Waals surface area contributed by atoms with Crippen LogP contribution in [-0.4, -0.2) is 6.26 Å². The van der Waals surface area contributed by atoms with E-state index in [9.17, 15) is 0 Å². The van der Waals surface area contributed by atoms with Gasteiger partial charge in [-0.2, -0.15) is 11.8 Å². The van der Waals surface area contributed by atoms with E-state index in [1.807, 2.05) is 0 Å². The summed E-state index contributed by atoms with van der Waals surface area (Å²) in [7, 11) is 0. The Morgan fingerprint density at radius 2 is 2.43 bits per heavy atom. The van der Waals surface area contributed by atoms with E-state index in [1.165, 1.54) is 12.8 Å². The number of unbranched alkanes of at least 4 members (excludes halogenated alkanes) is 2. The Kier molecular flexibility index (Phi) is 6.67. The third kappa shape index (κ3) is 6.35. The molecule has 0 fully saturated rings. The second-order valence-corrected chi connectivity index (χ2v) is 2.20. The molecule has 2 radical (unpaired) electrons. The second kappa shape index (κ2) is 6.35. The van der Waals surface area contributed by atoms with E-state index in [0.29, 0.717) is 0 Å². The zero-order valence-electron chi connectivity index (χ0n) is 4.81. The number of rotatable bonds is 4. The molecule has 7 heavy (non-hydrogen) atoms. The standard InChI is InChI=1S/C6H12S/c1-3-4-5-6-7-2/h6H,1,3-5H2,2H3. The molecule has 0 rings (SSSR count). The summed E-state index contributed by atoms with van der Waals surface area (Å²) in [5.74, 6) is 2.21. The van der Waals surface area contributed by atoms with E-state index in [2.05, 4.69) is 18.9 Å². The molecule has 0 saturated carbocycles. The average Bonchev–Trinajstić information content (AvgIpc) is 1.69. The normalized spacial score (nSPS) is 9.43. The first kappa shape index (κ1) is 7.35. The fourth-order valence-electron chi connectivity index (χ4n) is 0.346. The maximum Gasteiger partial charge on any atom is 0.0163 e. The monoisotopic (exact) mass is 116 g/mol. The summed E-state index contributed by atoms with van der Waals surface area (Å²) in [6.45, 7) is 3.73. The maximum absolute atomic E-state index is 3.73. The summed E-state index contributed by atoms with van der Waals surface area (Å²) < 4.78 is 0. The molecule has 0 aromatic carbocycles. The van der Waals surface area contributed by atoms with Crippen LogP contribution in [-0.2, 0) is 0 Å². The molecule has 0 bridgehead atoms. The Labute approximate surface area is 50.7 Å². The lowest BCUT2D eigenvalue weighted by Crippen LogP contribution is -1.68. The zero-order chi connectivity index (χ0) is 5.54. The summed E-state index contributed by atoms with van der Waals surface area (Å²) >= 11 is 1.79. The average molecular weight is 116 g/mol.